The number of hydrogen-bond donors (Lipinski definition) is 1. The summed E-state index contributed by atoms with van der Waals surface area (Å²) in [6.07, 6.45) is -0.912. The van der Waals surface area contributed by atoms with Crippen LogP contribution in [0.15, 0.2) is 65.7 Å². The Balaban J connectivity index is 1.32. The van der Waals surface area contributed by atoms with E-state index in [1.54, 1.807) is 65.9 Å². The van der Waals surface area contributed by atoms with E-state index in [1.807, 2.05) is 13.0 Å². The van der Waals surface area contributed by atoms with E-state index in [4.69, 9.17) is 4.98 Å². The maximum Gasteiger partial charge on any atom is 0.393 e. The minimum Gasteiger partial charge on any atom is -0.356 e. The standard InChI is InChI=1S/C28H26F3N5O2S/c1-17-6-7-18(12-25(17)39(2)38)27(37)33-15-21-13-24-19(14-32-21)8-9-23(34-24)22-4-3-5-26(35-22)36-11-10-20(16-36)28(29,30)31/h3-9,12-14,20H,10-11,15-16H2,1-2H3,(H,33,37). The summed E-state index contributed by atoms with van der Waals surface area (Å²) in [6, 6.07) is 15.8. The first-order valence-corrected chi connectivity index (χ1v) is 13.9. The van der Waals surface area contributed by atoms with E-state index in [2.05, 4.69) is 15.3 Å². The van der Waals surface area contributed by atoms with Crippen molar-refractivity contribution in [1.29, 1.82) is 0 Å². The lowest BCUT2D eigenvalue weighted by molar-refractivity contribution is -0.168. The van der Waals surface area contributed by atoms with E-state index in [-0.39, 0.29) is 25.4 Å². The highest BCUT2D eigenvalue weighted by atomic mass is 32.2. The van der Waals surface area contributed by atoms with Crippen LogP contribution in [0.4, 0.5) is 19.0 Å². The number of nitrogens with one attached hydrogen (secondary N) is 1. The van der Waals surface area contributed by atoms with Crippen molar-refractivity contribution in [3.63, 3.8) is 0 Å². The summed E-state index contributed by atoms with van der Waals surface area (Å²) in [5, 5.41) is 3.64. The van der Waals surface area contributed by atoms with Crippen LogP contribution >= 0.6 is 0 Å². The van der Waals surface area contributed by atoms with Gasteiger partial charge in [0.05, 0.1) is 45.9 Å². The van der Waals surface area contributed by atoms with Crippen LogP contribution in [0.2, 0.25) is 0 Å². The minimum atomic E-state index is -4.21. The highest BCUT2D eigenvalue weighted by molar-refractivity contribution is 7.84. The fraction of sp³-hybridized carbons (Fsp3) is 0.286. The van der Waals surface area contributed by atoms with Gasteiger partial charge in [0.25, 0.3) is 5.91 Å². The number of alkyl halides is 3. The number of anilines is 1. The van der Waals surface area contributed by atoms with E-state index >= 15 is 0 Å². The molecule has 39 heavy (non-hydrogen) atoms. The Morgan fingerprint density at radius 1 is 1.10 bits per heavy atom. The Morgan fingerprint density at radius 3 is 2.64 bits per heavy atom. The molecule has 11 heteroatoms. The van der Waals surface area contributed by atoms with Gasteiger partial charge in [0.2, 0.25) is 0 Å². The molecule has 1 aliphatic heterocycles. The summed E-state index contributed by atoms with van der Waals surface area (Å²) in [5.74, 6) is -1.16. The van der Waals surface area contributed by atoms with Crippen LogP contribution in [0, 0.1) is 12.8 Å². The van der Waals surface area contributed by atoms with Crippen molar-refractivity contribution in [1.82, 2.24) is 20.3 Å². The lowest BCUT2D eigenvalue weighted by Crippen LogP contribution is -2.27. The second-order valence-corrected chi connectivity index (χ2v) is 10.9. The van der Waals surface area contributed by atoms with E-state index in [9.17, 15) is 22.2 Å². The monoisotopic (exact) mass is 553 g/mol. The summed E-state index contributed by atoms with van der Waals surface area (Å²) < 4.78 is 51.3. The van der Waals surface area contributed by atoms with Gasteiger partial charge in [0.1, 0.15) is 5.82 Å². The number of amides is 1. The van der Waals surface area contributed by atoms with Crippen LogP contribution in [0.3, 0.4) is 0 Å². The molecule has 5 rings (SSSR count). The summed E-state index contributed by atoms with van der Waals surface area (Å²) >= 11 is 0. The molecule has 1 saturated heterocycles. The van der Waals surface area contributed by atoms with Gasteiger partial charge in [-0.15, -0.1) is 0 Å². The molecular weight excluding hydrogens is 527 g/mol. The topological polar surface area (TPSA) is 88.1 Å². The number of fused-ring (bicyclic) bond motifs is 1. The van der Waals surface area contributed by atoms with E-state index in [0.29, 0.717) is 45.4 Å². The number of aryl methyl sites for hydroxylation is 1. The van der Waals surface area contributed by atoms with Crippen molar-refractivity contribution >= 4 is 33.4 Å². The second-order valence-electron chi connectivity index (χ2n) is 9.54. The maximum absolute atomic E-state index is 13.1. The van der Waals surface area contributed by atoms with Crippen LogP contribution in [0.5, 0.6) is 0 Å². The second kappa shape index (κ2) is 10.7. The van der Waals surface area contributed by atoms with Crippen LogP contribution in [-0.2, 0) is 17.3 Å². The molecule has 1 aliphatic rings. The SMILES string of the molecule is Cc1ccc(C(=O)NCc2cc3nc(-c4cccc(N5CCC(C(F)(F)F)C5)n4)ccc3cn2)cc1S(C)=O. The summed E-state index contributed by atoms with van der Waals surface area (Å²) in [5.41, 5.74) is 3.66. The van der Waals surface area contributed by atoms with Gasteiger partial charge >= 0.3 is 6.18 Å². The quantitative estimate of drug-likeness (QED) is 0.359. The molecular formula is C28H26F3N5O2S. The number of hydrogen-bond acceptors (Lipinski definition) is 6. The maximum atomic E-state index is 13.1. The molecule has 4 aromatic rings. The molecule has 0 bridgehead atoms. The molecule has 202 valence electrons. The van der Waals surface area contributed by atoms with Gasteiger partial charge in [0.15, 0.2) is 0 Å². The summed E-state index contributed by atoms with van der Waals surface area (Å²) in [6.45, 7) is 2.21. The number of halogens is 3. The van der Waals surface area contributed by atoms with Crippen molar-refractivity contribution in [2.75, 3.05) is 24.2 Å². The predicted molar refractivity (Wildman–Crippen MR) is 144 cm³/mol. The van der Waals surface area contributed by atoms with E-state index in [0.717, 1.165) is 10.9 Å². The summed E-state index contributed by atoms with van der Waals surface area (Å²) in [7, 11) is -1.20. The van der Waals surface area contributed by atoms with Gasteiger partial charge in [-0.05, 0) is 61.4 Å². The first-order valence-electron chi connectivity index (χ1n) is 12.4. The molecule has 1 amide bonds. The lowest BCUT2D eigenvalue weighted by Gasteiger charge is -2.19. The Hall–Kier alpha value is -3.86. The predicted octanol–water partition coefficient (Wildman–Crippen LogP) is 5.06. The zero-order chi connectivity index (χ0) is 27.7. The van der Waals surface area contributed by atoms with Crippen molar-refractivity contribution in [2.24, 2.45) is 5.92 Å². The molecule has 1 aromatic carbocycles. The van der Waals surface area contributed by atoms with Crippen molar-refractivity contribution in [2.45, 2.75) is 31.0 Å². The molecule has 0 saturated carbocycles. The first kappa shape index (κ1) is 26.7. The lowest BCUT2D eigenvalue weighted by atomic mass is 10.1. The first-order chi connectivity index (χ1) is 18.6. The molecule has 3 aromatic heterocycles. The number of aromatic nitrogens is 3. The molecule has 2 atom stereocenters. The minimum absolute atomic E-state index is 0.0547. The van der Waals surface area contributed by atoms with Crippen molar-refractivity contribution < 1.29 is 22.2 Å². The zero-order valence-corrected chi connectivity index (χ0v) is 22.1. The van der Waals surface area contributed by atoms with Gasteiger partial charge in [-0.3, -0.25) is 14.0 Å². The number of benzene rings is 1. The van der Waals surface area contributed by atoms with Crippen LogP contribution in [0.1, 0.15) is 28.0 Å². The Bertz CT molecular complexity index is 1580. The number of rotatable bonds is 6. The zero-order valence-electron chi connectivity index (χ0n) is 21.3. The molecule has 2 unspecified atom stereocenters. The molecule has 0 radical (unpaired) electrons. The molecule has 1 N–H and O–H groups in total. The van der Waals surface area contributed by atoms with Crippen LogP contribution in [0.25, 0.3) is 22.3 Å². The summed E-state index contributed by atoms with van der Waals surface area (Å²) in [4.78, 5) is 28.7. The average molecular weight is 554 g/mol. The number of carbonyl (C=O) groups excluding carboxylic acids is 1. The van der Waals surface area contributed by atoms with Gasteiger partial charge in [-0.25, -0.2) is 9.97 Å². The number of nitrogens with zero attached hydrogens (tertiary/aromatic N) is 4. The molecule has 4 heterocycles. The highest BCUT2D eigenvalue weighted by Gasteiger charge is 2.43. The third-order valence-corrected chi connectivity index (χ3v) is 7.85. The number of carbonyl (C=O) groups is 1. The molecule has 0 aliphatic carbocycles. The third kappa shape index (κ3) is 5.93. The van der Waals surface area contributed by atoms with Crippen molar-refractivity contribution in [3.05, 3.63) is 77.6 Å². The van der Waals surface area contributed by atoms with Gasteiger partial charge in [-0.1, -0.05) is 12.1 Å². The van der Waals surface area contributed by atoms with Gasteiger partial charge in [0, 0.05) is 41.4 Å². The van der Waals surface area contributed by atoms with E-state index < -0.39 is 22.9 Å². The van der Waals surface area contributed by atoms with Crippen LogP contribution in [-0.4, -0.2) is 50.6 Å². The molecule has 0 spiro atoms. The smallest absolute Gasteiger partial charge is 0.356 e. The largest absolute Gasteiger partial charge is 0.393 e. The average Bonchev–Trinajstić information content (AvgIpc) is 3.43. The number of pyridine rings is 3. The highest BCUT2D eigenvalue weighted by Crippen LogP contribution is 2.35. The van der Waals surface area contributed by atoms with Crippen LogP contribution < -0.4 is 10.2 Å². The fourth-order valence-electron chi connectivity index (χ4n) is 4.60. The Labute approximate surface area is 226 Å². The van der Waals surface area contributed by atoms with Gasteiger partial charge < -0.3 is 10.2 Å². The Kier molecular flexibility index (Phi) is 7.35. The van der Waals surface area contributed by atoms with E-state index in [1.165, 1.54) is 0 Å². The molecule has 7 nitrogen and oxygen atoms in total. The third-order valence-electron chi connectivity index (χ3n) is 6.79. The Morgan fingerprint density at radius 2 is 1.90 bits per heavy atom. The van der Waals surface area contributed by atoms with Gasteiger partial charge in [-0.2, -0.15) is 13.2 Å². The molecule has 1 fully saturated rings. The van der Waals surface area contributed by atoms with Crippen molar-refractivity contribution in [3.8, 4) is 11.4 Å². The normalized spacial score (nSPS) is 16.4. The fourth-order valence-corrected chi connectivity index (χ4v) is 5.41.